The lowest BCUT2D eigenvalue weighted by atomic mass is 10.1. The summed E-state index contributed by atoms with van der Waals surface area (Å²) in [4.78, 5) is 8.66. The summed E-state index contributed by atoms with van der Waals surface area (Å²) in [6.45, 7) is 0.901. The third-order valence-corrected chi connectivity index (χ3v) is 4.14. The highest BCUT2D eigenvalue weighted by molar-refractivity contribution is 9.10. The van der Waals surface area contributed by atoms with Crippen molar-refractivity contribution in [2.75, 3.05) is 5.32 Å². The van der Waals surface area contributed by atoms with E-state index in [4.69, 9.17) is 4.42 Å². The van der Waals surface area contributed by atoms with E-state index in [-0.39, 0.29) is 0 Å². The Hall–Kier alpha value is -1.82. The Morgan fingerprint density at radius 1 is 1.40 bits per heavy atom. The molecule has 1 N–H and O–H groups in total. The van der Waals surface area contributed by atoms with Crippen LogP contribution >= 0.6 is 15.9 Å². The SMILES string of the molecule is Brc1ccc2oc(NC3CCc4cncn4C3)nc2c1. The number of benzene rings is 1. The van der Waals surface area contributed by atoms with Gasteiger partial charge in [0.25, 0.3) is 6.01 Å². The predicted octanol–water partition coefficient (Wildman–Crippen LogP) is 3.21. The number of nitrogens with zero attached hydrogens (tertiary/aromatic N) is 3. The maximum absolute atomic E-state index is 5.73. The van der Waals surface area contributed by atoms with Gasteiger partial charge in [-0.1, -0.05) is 15.9 Å². The first kappa shape index (κ1) is 12.0. The molecule has 2 aromatic heterocycles. The molecule has 1 aliphatic heterocycles. The van der Waals surface area contributed by atoms with Gasteiger partial charge in [-0.15, -0.1) is 0 Å². The molecule has 20 heavy (non-hydrogen) atoms. The Kier molecular flexibility index (Phi) is 2.77. The Bertz CT molecular complexity index is 763. The summed E-state index contributed by atoms with van der Waals surface area (Å²) in [5, 5.41) is 3.38. The summed E-state index contributed by atoms with van der Waals surface area (Å²) in [6.07, 6.45) is 5.91. The van der Waals surface area contributed by atoms with Crippen molar-refractivity contribution in [3.63, 3.8) is 0 Å². The third-order valence-electron chi connectivity index (χ3n) is 3.64. The molecule has 1 aliphatic rings. The zero-order chi connectivity index (χ0) is 13.5. The van der Waals surface area contributed by atoms with E-state index < -0.39 is 0 Å². The number of anilines is 1. The van der Waals surface area contributed by atoms with E-state index in [2.05, 4.69) is 35.8 Å². The molecule has 4 rings (SSSR count). The van der Waals surface area contributed by atoms with Crippen LogP contribution in [0.3, 0.4) is 0 Å². The van der Waals surface area contributed by atoms with E-state index in [9.17, 15) is 0 Å². The number of imidazole rings is 1. The van der Waals surface area contributed by atoms with E-state index in [0.717, 1.165) is 35.0 Å². The molecule has 0 radical (unpaired) electrons. The fraction of sp³-hybridized carbons (Fsp3) is 0.286. The van der Waals surface area contributed by atoms with Crippen molar-refractivity contribution >= 4 is 33.0 Å². The number of aryl methyl sites for hydroxylation is 1. The Morgan fingerprint density at radius 2 is 2.35 bits per heavy atom. The van der Waals surface area contributed by atoms with Gasteiger partial charge in [-0.05, 0) is 31.0 Å². The fourth-order valence-electron chi connectivity index (χ4n) is 2.63. The molecule has 102 valence electrons. The summed E-state index contributed by atoms with van der Waals surface area (Å²) in [5.74, 6) is 0. The average Bonchev–Trinajstić information content (AvgIpc) is 3.03. The molecule has 1 aromatic carbocycles. The molecule has 3 aromatic rings. The van der Waals surface area contributed by atoms with Gasteiger partial charge in [-0.3, -0.25) is 0 Å². The molecule has 1 atom stereocenters. The third kappa shape index (κ3) is 2.10. The quantitative estimate of drug-likeness (QED) is 0.782. The Morgan fingerprint density at radius 3 is 3.30 bits per heavy atom. The predicted molar refractivity (Wildman–Crippen MR) is 79.7 cm³/mol. The lowest BCUT2D eigenvalue weighted by molar-refractivity contribution is 0.469. The molecule has 0 aliphatic carbocycles. The average molecular weight is 333 g/mol. The molecular formula is C14H13BrN4O. The van der Waals surface area contributed by atoms with Crippen LogP contribution in [0.25, 0.3) is 11.1 Å². The number of fused-ring (bicyclic) bond motifs is 2. The molecule has 5 nitrogen and oxygen atoms in total. The van der Waals surface area contributed by atoms with Gasteiger partial charge in [0.2, 0.25) is 0 Å². The number of aromatic nitrogens is 3. The largest absolute Gasteiger partial charge is 0.424 e. The smallest absolute Gasteiger partial charge is 0.295 e. The van der Waals surface area contributed by atoms with E-state index in [1.165, 1.54) is 5.69 Å². The zero-order valence-electron chi connectivity index (χ0n) is 10.7. The molecule has 0 amide bonds. The van der Waals surface area contributed by atoms with Gasteiger partial charge < -0.3 is 14.3 Å². The maximum Gasteiger partial charge on any atom is 0.295 e. The highest BCUT2D eigenvalue weighted by Gasteiger charge is 2.19. The number of oxazole rings is 1. The molecule has 0 saturated carbocycles. The first-order chi connectivity index (χ1) is 9.78. The van der Waals surface area contributed by atoms with Gasteiger partial charge in [0.1, 0.15) is 5.52 Å². The van der Waals surface area contributed by atoms with Crippen molar-refractivity contribution in [1.29, 1.82) is 0 Å². The van der Waals surface area contributed by atoms with Gasteiger partial charge in [0.15, 0.2) is 5.58 Å². The van der Waals surface area contributed by atoms with Crippen LogP contribution in [0, 0.1) is 0 Å². The van der Waals surface area contributed by atoms with Crippen molar-refractivity contribution in [2.45, 2.75) is 25.4 Å². The Balaban J connectivity index is 1.56. The van der Waals surface area contributed by atoms with Crippen LogP contribution in [0.4, 0.5) is 6.01 Å². The standard InChI is InChI=1S/C14H13BrN4O/c15-9-1-4-13-12(5-9)18-14(20-13)17-10-2-3-11-6-16-8-19(11)7-10/h1,4-6,8,10H,2-3,7H2,(H,17,18). The summed E-state index contributed by atoms with van der Waals surface area (Å²) >= 11 is 3.44. The molecule has 6 heteroatoms. The van der Waals surface area contributed by atoms with Crippen LogP contribution in [0.2, 0.25) is 0 Å². The number of halogens is 1. The fourth-order valence-corrected chi connectivity index (χ4v) is 2.98. The topological polar surface area (TPSA) is 55.9 Å². The van der Waals surface area contributed by atoms with Crippen LogP contribution in [0.1, 0.15) is 12.1 Å². The van der Waals surface area contributed by atoms with E-state index in [1.807, 2.05) is 30.7 Å². The first-order valence-corrected chi connectivity index (χ1v) is 7.39. The number of rotatable bonds is 2. The van der Waals surface area contributed by atoms with Crippen molar-refractivity contribution in [2.24, 2.45) is 0 Å². The van der Waals surface area contributed by atoms with Crippen LogP contribution < -0.4 is 5.32 Å². The molecule has 0 fully saturated rings. The number of nitrogens with one attached hydrogen (secondary N) is 1. The van der Waals surface area contributed by atoms with Crippen LogP contribution in [0.5, 0.6) is 0 Å². The van der Waals surface area contributed by atoms with Crippen molar-refractivity contribution in [1.82, 2.24) is 14.5 Å². The second kappa shape index (κ2) is 4.63. The Labute approximate surface area is 124 Å². The minimum absolute atomic E-state index is 0.327. The number of hydrogen-bond donors (Lipinski definition) is 1. The van der Waals surface area contributed by atoms with Crippen LogP contribution in [0.15, 0.2) is 39.6 Å². The van der Waals surface area contributed by atoms with Crippen molar-refractivity contribution in [3.05, 3.63) is 40.9 Å². The molecular weight excluding hydrogens is 320 g/mol. The second-order valence-electron chi connectivity index (χ2n) is 5.05. The summed E-state index contributed by atoms with van der Waals surface area (Å²) < 4.78 is 8.91. The second-order valence-corrected chi connectivity index (χ2v) is 5.96. The van der Waals surface area contributed by atoms with E-state index >= 15 is 0 Å². The van der Waals surface area contributed by atoms with E-state index in [0.29, 0.717) is 12.1 Å². The zero-order valence-corrected chi connectivity index (χ0v) is 12.3. The maximum atomic E-state index is 5.73. The lowest BCUT2D eigenvalue weighted by Gasteiger charge is -2.24. The molecule has 0 spiro atoms. The van der Waals surface area contributed by atoms with Gasteiger partial charge >= 0.3 is 0 Å². The van der Waals surface area contributed by atoms with E-state index in [1.54, 1.807) is 0 Å². The van der Waals surface area contributed by atoms with Crippen molar-refractivity contribution in [3.8, 4) is 0 Å². The molecule has 0 bridgehead atoms. The monoisotopic (exact) mass is 332 g/mol. The number of hydrogen-bond acceptors (Lipinski definition) is 4. The van der Waals surface area contributed by atoms with Gasteiger partial charge in [0, 0.05) is 29.0 Å². The normalized spacial score (nSPS) is 18.1. The summed E-state index contributed by atoms with van der Waals surface area (Å²) in [5.41, 5.74) is 2.96. The van der Waals surface area contributed by atoms with Crippen molar-refractivity contribution < 1.29 is 4.42 Å². The summed E-state index contributed by atoms with van der Waals surface area (Å²) in [7, 11) is 0. The first-order valence-electron chi connectivity index (χ1n) is 6.59. The minimum atomic E-state index is 0.327. The van der Waals surface area contributed by atoms with Gasteiger partial charge in [-0.2, -0.15) is 4.98 Å². The molecule has 3 heterocycles. The highest BCUT2D eigenvalue weighted by Crippen LogP contribution is 2.24. The molecule has 1 unspecified atom stereocenters. The molecule has 0 saturated heterocycles. The summed E-state index contributed by atoms with van der Waals surface area (Å²) in [6, 6.07) is 6.75. The highest BCUT2D eigenvalue weighted by atomic mass is 79.9. The van der Waals surface area contributed by atoms with Gasteiger partial charge in [0.05, 0.1) is 6.33 Å². The lowest BCUT2D eigenvalue weighted by Crippen LogP contribution is -2.30. The minimum Gasteiger partial charge on any atom is -0.424 e. The van der Waals surface area contributed by atoms with Gasteiger partial charge in [-0.25, -0.2) is 4.98 Å². The van der Waals surface area contributed by atoms with Crippen LogP contribution in [-0.2, 0) is 13.0 Å². The van der Waals surface area contributed by atoms with Crippen LogP contribution in [-0.4, -0.2) is 20.6 Å².